The summed E-state index contributed by atoms with van der Waals surface area (Å²) in [4.78, 5) is 7.07. The van der Waals surface area contributed by atoms with Gasteiger partial charge in [-0.1, -0.05) is 6.08 Å². The summed E-state index contributed by atoms with van der Waals surface area (Å²) in [5.41, 5.74) is 1.18. The molecule has 0 bridgehead atoms. The highest BCUT2D eigenvalue weighted by atomic mass is 32.1. The first-order valence-electron chi connectivity index (χ1n) is 6.70. The van der Waals surface area contributed by atoms with Crippen molar-refractivity contribution in [3.8, 4) is 0 Å². The van der Waals surface area contributed by atoms with Crippen molar-refractivity contribution in [2.45, 2.75) is 51.9 Å². The average molecular weight is 265 g/mol. The van der Waals surface area contributed by atoms with Gasteiger partial charge in [0, 0.05) is 37.1 Å². The maximum atomic E-state index is 4.69. The number of rotatable bonds is 8. The van der Waals surface area contributed by atoms with Crippen molar-refractivity contribution in [1.29, 1.82) is 0 Å². The van der Waals surface area contributed by atoms with Gasteiger partial charge in [-0.3, -0.25) is 4.90 Å². The van der Waals surface area contributed by atoms with Crippen molar-refractivity contribution in [2.75, 3.05) is 6.54 Å². The SMILES string of the molecule is C=CCN(Cc1csc(CNC2CC2)n1)C(C)C. The van der Waals surface area contributed by atoms with Crippen LogP contribution in [0, 0.1) is 0 Å². The van der Waals surface area contributed by atoms with Gasteiger partial charge in [-0.05, 0) is 26.7 Å². The van der Waals surface area contributed by atoms with Gasteiger partial charge in [0.25, 0.3) is 0 Å². The number of nitrogens with one attached hydrogen (secondary N) is 1. The molecule has 0 amide bonds. The van der Waals surface area contributed by atoms with Crippen LogP contribution in [-0.4, -0.2) is 28.5 Å². The zero-order chi connectivity index (χ0) is 13.0. The van der Waals surface area contributed by atoms with Gasteiger partial charge in [0.1, 0.15) is 5.01 Å². The summed E-state index contributed by atoms with van der Waals surface area (Å²) < 4.78 is 0. The molecule has 100 valence electrons. The predicted octanol–water partition coefficient (Wildman–Crippen LogP) is 2.79. The quantitative estimate of drug-likeness (QED) is 0.733. The van der Waals surface area contributed by atoms with Crippen molar-refractivity contribution >= 4 is 11.3 Å². The van der Waals surface area contributed by atoms with Crippen LogP contribution in [0.4, 0.5) is 0 Å². The number of nitrogens with zero attached hydrogens (tertiary/aromatic N) is 2. The molecule has 1 fully saturated rings. The summed E-state index contributed by atoms with van der Waals surface area (Å²) >= 11 is 1.76. The molecule has 1 N–H and O–H groups in total. The van der Waals surface area contributed by atoms with E-state index in [1.54, 1.807) is 11.3 Å². The topological polar surface area (TPSA) is 28.2 Å². The lowest BCUT2D eigenvalue weighted by molar-refractivity contribution is 0.235. The van der Waals surface area contributed by atoms with Crippen molar-refractivity contribution < 1.29 is 0 Å². The van der Waals surface area contributed by atoms with E-state index in [2.05, 4.69) is 36.0 Å². The van der Waals surface area contributed by atoms with Crippen LogP contribution in [0.15, 0.2) is 18.0 Å². The van der Waals surface area contributed by atoms with E-state index in [9.17, 15) is 0 Å². The molecule has 1 aromatic rings. The minimum Gasteiger partial charge on any atom is -0.308 e. The lowest BCUT2D eigenvalue weighted by atomic mass is 10.3. The molecule has 0 spiro atoms. The van der Waals surface area contributed by atoms with E-state index in [-0.39, 0.29) is 0 Å². The third-order valence-corrected chi connectivity index (χ3v) is 4.08. The van der Waals surface area contributed by atoms with E-state index >= 15 is 0 Å². The maximum Gasteiger partial charge on any atom is 0.107 e. The molecule has 18 heavy (non-hydrogen) atoms. The molecule has 1 saturated carbocycles. The highest BCUT2D eigenvalue weighted by molar-refractivity contribution is 7.09. The van der Waals surface area contributed by atoms with Gasteiger partial charge in [0.2, 0.25) is 0 Å². The Morgan fingerprint density at radius 3 is 3.00 bits per heavy atom. The average Bonchev–Trinajstić information content (AvgIpc) is 3.06. The van der Waals surface area contributed by atoms with Crippen LogP contribution in [-0.2, 0) is 13.1 Å². The van der Waals surface area contributed by atoms with Gasteiger partial charge >= 0.3 is 0 Å². The summed E-state index contributed by atoms with van der Waals surface area (Å²) in [6, 6.07) is 1.28. The Hall–Kier alpha value is -0.710. The molecule has 0 unspecified atom stereocenters. The van der Waals surface area contributed by atoms with Gasteiger partial charge in [0.15, 0.2) is 0 Å². The van der Waals surface area contributed by atoms with E-state index < -0.39 is 0 Å². The third-order valence-electron chi connectivity index (χ3n) is 3.18. The number of aromatic nitrogens is 1. The summed E-state index contributed by atoms with van der Waals surface area (Å²) in [5.74, 6) is 0. The fourth-order valence-corrected chi connectivity index (χ4v) is 2.59. The molecule has 1 heterocycles. The molecule has 4 heteroatoms. The molecule has 1 aliphatic carbocycles. The molecule has 0 aliphatic heterocycles. The van der Waals surface area contributed by atoms with E-state index in [0.29, 0.717) is 6.04 Å². The Balaban J connectivity index is 1.85. The van der Waals surface area contributed by atoms with Gasteiger partial charge in [-0.15, -0.1) is 17.9 Å². The second-order valence-electron chi connectivity index (χ2n) is 5.20. The largest absolute Gasteiger partial charge is 0.308 e. The molecule has 1 aromatic heterocycles. The highest BCUT2D eigenvalue weighted by Crippen LogP contribution is 2.20. The van der Waals surface area contributed by atoms with Crippen LogP contribution < -0.4 is 5.32 Å². The van der Waals surface area contributed by atoms with Crippen LogP contribution in [0.5, 0.6) is 0 Å². The van der Waals surface area contributed by atoms with E-state index in [0.717, 1.165) is 25.7 Å². The minimum absolute atomic E-state index is 0.526. The van der Waals surface area contributed by atoms with Crippen LogP contribution in [0.3, 0.4) is 0 Å². The van der Waals surface area contributed by atoms with Crippen LogP contribution in [0.25, 0.3) is 0 Å². The van der Waals surface area contributed by atoms with Crippen LogP contribution in [0.1, 0.15) is 37.4 Å². The Bertz CT molecular complexity index is 382. The van der Waals surface area contributed by atoms with Crippen molar-refractivity contribution in [3.05, 3.63) is 28.7 Å². The van der Waals surface area contributed by atoms with E-state index in [4.69, 9.17) is 4.98 Å². The van der Waals surface area contributed by atoms with Crippen molar-refractivity contribution in [1.82, 2.24) is 15.2 Å². The lowest BCUT2D eigenvalue weighted by Gasteiger charge is -2.23. The Kier molecular flexibility index (Phi) is 4.92. The highest BCUT2D eigenvalue weighted by Gasteiger charge is 2.20. The van der Waals surface area contributed by atoms with Crippen LogP contribution in [0.2, 0.25) is 0 Å². The molecule has 0 saturated heterocycles. The lowest BCUT2D eigenvalue weighted by Crippen LogP contribution is -2.30. The second-order valence-corrected chi connectivity index (χ2v) is 6.14. The normalized spacial score (nSPS) is 15.6. The van der Waals surface area contributed by atoms with Gasteiger partial charge in [-0.25, -0.2) is 4.98 Å². The molecule has 1 aliphatic rings. The monoisotopic (exact) mass is 265 g/mol. The summed E-state index contributed by atoms with van der Waals surface area (Å²) in [7, 11) is 0. The van der Waals surface area contributed by atoms with E-state index in [1.165, 1.54) is 23.5 Å². The molecule has 0 radical (unpaired) electrons. The zero-order valence-corrected chi connectivity index (χ0v) is 12.2. The van der Waals surface area contributed by atoms with Crippen LogP contribution >= 0.6 is 11.3 Å². The fourth-order valence-electron chi connectivity index (χ4n) is 1.85. The maximum absolute atomic E-state index is 4.69. The second kappa shape index (κ2) is 6.45. The van der Waals surface area contributed by atoms with Gasteiger partial charge in [0.05, 0.1) is 5.69 Å². The first kappa shape index (κ1) is 13.7. The summed E-state index contributed by atoms with van der Waals surface area (Å²) in [6.45, 7) is 11.0. The summed E-state index contributed by atoms with van der Waals surface area (Å²) in [5, 5.41) is 6.90. The number of hydrogen-bond donors (Lipinski definition) is 1. The third kappa shape index (κ3) is 4.19. The first-order chi connectivity index (χ1) is 8.69. The Morgan fingerprint density at radius 1 is 1.61 bits per heavy atom. The standard InChI is InChI=1S/C14H23N3S/c1-4-7-17(11(2)3)9-13-10-18-14(16-13)8-15-12-5-6-12/h4,10-12,15H,1,5-9H2,2-3H3. The Labute approximate surface area is 114 Å². The van der Waals surface area contributed by atoms with Crippen molar-refractivity contribution in [3.63, 3.8) is 0 Å². The molecule has 2 rings (SSSR count). The Morgan fingerprint density at radius 2 is 2.39 bits per heavy atom. The first-order valence-corrected chi connectivity index (χ1v) is 7.58. The summed E-state index contributed by atoms with van der Waals surface area (Å²) in [6.07, 6.45) is 4.62. The van der Waals surface area contributed by atoms with Gasteiger partial charge in [-0.2, -0.15) is 0 Å². The molecular formula is C14H23N3S. The minimum atomic E-state index is 0.526. The molecule has 0 aromatic carbocycles. The molecule has 3 nitrogen and oxygen atoms in total. The number of thiazole rings is 1. The fraction of sp³-hybridized carbons (Fsp3) is 0.643. The number of hydrogen-bond acceptors (Lipinski definition) is 4. The molecular weight excluding hydrogens is 242 g/mol. The molecule has 0 atom stereocenters. The van der Waals surface area contributed by atoms with Gasteiger partial charge < -0.3 is 5.32 Å². The van der Waals surface area contributed by atoms with Crippen molar-refractivity contribution in [2.24, 2.45) is 0 Å². The smallest absolute Gasteiger partial charge is 0.107 e. The zero-order valence-electron chi connectivity index (χ0n) is 11.4. The predicted molar refractivity (Wildman–Crippen MR) is 77.7 cm³/mol. The van der Waals surface area contributed by atoms with E-state index in [1.807, 2.05) is 6.08 Å².